The minimum Gasteiger partial charge on any atom is -0.395 e. The molecule has 1 heterocycles. The largest absolute Gasteiger partial charge is 0.395 e. The number of aliphatic hydroxyl groups is 1. The van der Waals surface area contributed by atoms with Crippen molar-refractivity contribution in [1.29, 1.82) is 0 Å². The molecule has 0 amide bonds. The van der Waals surface area contributed by atoms with Gasteiger partial charge in [0.1, 0.15) is 5.03 Å². The van der Waals surface area contributed by atoms with Gasteiger partial charge in [0.25, 0.3) is 0 Å². The molecule has 0 radical (unpaired) electrons. The second-order valence-corrected chi connectivity index (χ2v) is 5.09. The van der Waals surface area contributed by atoms with Crippen molar-refractivity contribution in [2.75, 3.05) is 6.61 Å². The first-order chi connectivity index (χ1) is 8.79. The van der Waals surface area contributed by atoms with Gasteiger partial charge in [0.05, 0.1) is 6.61 Å². The Morgan fingerprint density at radius 3 is 2.58 bits per heavy atom. The summed E-state index contributed by atoms with van der Waals surface area (Å²) in [5.41, 5.74) is 6.86. The molecule has 0 saturated heterocycles. The van der Waals surface area contributed by atoms with Crippen LogP contribution in [0.1, 0.15) is 5.56 Å². The van der Waals surface area contributed by atoms with Gasteiger partial charge in [0.2, 0.25) is 0 Å². The van der Waals surface area contributed by atoms with E-state index in [4.69, 9.17) is 10.8 Å². The Morgan fingerprint density at radius 2 is 1.89 bits per heavy atom. The molecule has 0 aliphatic rings. The lowest BCUT2D eigenvalue weighted by Gasteiger charge is -2.11. The van der Waals surface area contributed by atoms with Gasteiger partial charge in [-0.05, 0) is 30.2 Å². The third-order valence-corrected chi connectivity index (χ3v) is 3.59. The molecule has 1 aromatic heterocycles. The van der Waals surface area contributed by atoms with Gasteiger partial charge >= 0.3 is 0 Å². The smallest absolute Gasteiger partial charge is 0.104 e. The molecule has 0 aliphatic heterocycles. The van der Waals surface area contributed by atoms with E-state index in [0.717, 1.165) is 15.5 Å². The molecule has 19 heavy (non-hydrogen) atoms. The second-order valence-electron chi connectivity index (χ2n) is 4.03. The fourth-order valence-electron chi connectivity index (χ4n) is 1.62. The van der Waals surface area contributed by atoms with Crippen LogP contribution in [0, 0.1) is 0 Å². The highest BCUT2D eigenvalue weighted by Crippen LogP contribution is 2.28. The number of aromatic nitrogens is 1. The summed E-state index contributed by atoms with van der Waals surface area (Å²) in [6.07, 6.45) is 2.42. The van der Waals surface area contributed by atoms with Gasteiger partial charge in [-0.25, -0.2) is 4.98 Å². The monoisotopic (exact) mass is 296 g/mol. The number of benzene rings is 1. The van der Waals surface area contributed by atoms with E-state index in [1.54, 1.807) is 18.0 Å². The van der Waals surface area contributed by atoms with Crippen molar-refractivity contribution in [2.24, 2.45) is 5.73 Å². The predicted octanol–water partition coefficient (Wildman–Crippen LogP) is 2.52. The summed E-state index contributed by atoms with van der Waals surface area (Å²) in [4.78, 5) is 5.54. The molecule has 0 aliphatic carbocycles. The molecular weight excluding hydrogens is 280 g/mol. The van der Waals surface area contributed by atoms with Crippen LogP contribution in [-0.2, 0) is 6.42 Å². The van der Waals surface area contributed by atoms with Crippen LogP contribution in [0.3, 0.4) is 0 Å². The topological polar surface area (TPSA) is 59.1 Å². The highest BCUT2D eigenvalue weighted by atomic mass is 35.5. The SMILES string of the molecule is Cl.NC(CO)Cc1cccnc1Sc1ccccc1. The van der Waals surface area contributed by atoms with Crippen molar-refractivity contribution < 1.29 is 5.11 Å². The van der Waals surface area contributed by atoms with Gasteiger partial charge in [0, 0.05) is 17.1 Å². The highest BCUT2D eigenvalue weighted by Gasteiger charge is 2.09. The van der Waals surface area contributed by atoms with Crippen LogP contribution in [0.15, 0.2) is 58.6 Å². The molecule has 102 valence electrons. The highest BCUT2D eigenvalue weighted by molar-refractivity contribution is 7.99. The van der Waals surface area contributed by atoms with Gasteiger partial charge in [-0.2, -0.15) is 0 Å². The number of hydrogen-bond donors (Lipinski definition) is 2. The van der Waals surface area contributed by atoms with Crippen LogP contribution in [0.25, 0.3) is 0 Å². The summed E-state index contributed by atoms with van der Waals surface area (Å²) in [5.74, 6) is 0. The normalized spacial score (nSPS) is 11.7. The Kier molecular flexibility index (Phi) is 6.87. The minimum absolute atomic E-state index is 0. The molecule has 1 aromatic carbocycles. The number of nitrogens with two attached hydrogens (primary N) is 1. The van der Waals surface area contributed by atoms with Crippen molar-refractivity contribution in [3.63, 3.8) is 0 Å². The zero-order chi connectivity index (χ0) is 12.8. The van der Waals surface area contributed by atoms with Crippen LogP contribution in [0.2, 0.25) is 0 Å². The van der Waals surface area contributed by atoms with E-state index in [2.05, 4.69) is 17.1 Å². The quantitative estimate of drug-likeness (QED) is 0.890. The number of nitrogens with zero attached hydrogens (tertiary/aromatic N) is 1. The molecule has 3 nitrogen and oxygen atoms in total. The fraction of sp³-hybridized carbons (Fsp3) is 0.214. The van der Waals surface area contributed by atoms with Gasteiger partial charge in [-0.3, -0.25) is 0 Å². The van der Waals surface area contributed by atoms with Gasteiger partial charge in [-0.15, -0.1) is 12.4 Å². The number of rotatable bonds is 5. The standard InChI is InChI=1S/C14H16N2OS.ClH/c15-12(10-17)9-11-5-4-8-16-14(11)18-13-6-2-1-3-7-13;/h1-8,12,17H,9-10,15H2;1H. The van der Waals surface area contributed by atoms with Gasteiger partial charge in [-0.1, -0.05) is 36.0 Å². The average molecular weight is 297 g/mol. The van der Waals surface area contributed by atoms with Gasteiger partial charge < -0.3 is 10.8 Å². The van der Waals surface area contributed by atoms with E-state index >= 15 is 0 Å². The minimum atomic E-state index is -0.232. The Hall–Kier alpha value is -1.07. The molecule has 0 spiro atoms. The average Bonchev–Trinajstić information content (AvgIpc) is 2.42. The molecule has 0 bridgehead atoms. The summed E-state index contributed by atoms with van der Waals surface area (Å²) >= 11 is 1.62. The zero-order valence-electron chi connectivity index (χ0n) is 10.4. The fourth-order valence-corrected chi connectivity index (χ4v) is 2.53. The maximum absolute atomic E-state index is 9.02. The molecule has 5 heteroatoms. The summed E-state index contributed by atoms with van der Waals surface area (Å²) < 4.78 is 0. The van der Waals surface area contributed by atoms with Crippen LogP contribution in [0.4, 0.5) is 0 Å². The van der Waals surface area contributed by atoms with E-state index in [1.807, 2.05) is 30.3 Å². The van der Waals surface area contributed by atoms with Crippen molar-refractivity contribution >= 4 is 24.2 Å². The molecule has 2 aromatic rings. The van der Waals surface area contributed by atoms with Crippen LogP contribution in [-0.4, -0.2) is 22.7 Å². The molecule has 3 N–H and O–H groups in total. The molecule has 0 fully saturated rings. The Balaban J connectivity index is 0.00000180. The first-order valence-electron chi connectivity index (χ1n) is 5.83. The van der Waals surface area contributed by atoms with Crippen molar-refractivity contribution in [3.8, 4) is 0 Å². The third kappa shape index (κ3) is 4.84. The zero-order valence-corrected chi connectivity index (χ0v) is 12.0. The van der Waals surface area contributed by atoms with Gasteiger partial charge in [0.15, 0.2) is 0 Å². The van der Waals surface area contributed by atoms with Crippen molar-refractivity contribution in [1.82, 2.24) is 4.98 Å². The Bertz CT molecular complexity index is 496. The van der Waals surface area contributed by atoms with Crippen LogP contribution in [0.5, 0.6) is 0 Å². The van der Waals surface area contributed by atoms with E-state index < -0.39 is 0 Å². The van der Waals surface area contributed by atoms with E-state index in [-0.39, 0.29) is 25.1 Å². The van der Waals surface area contributed by atoms with Crippen LogP contribution >= 0.6 is 24.2 Å². The number of hydrogen-bond acceptors (Lipinski definition) is 4. The predicted molar refractivity (Wildman–Crippen MR) is 80.8 cm³/mol. The summed E-state index contributed by atoms with van der Waals surface area (Å²) in [6.45, 7) is -0.00959. The first-order valence-corrected chi connectivity index (χ1v) is 6.64. The summed E-state index contributed by atoms with van der Waals surface area (Å²) in [5, 5.41) is 9.98. The summed E-state index contributed by atoms with van der Waals surface area (Å²) in [6, 6.07) is 13.8. The molecular formula is C14H17ClN2OS. The number of halogens is 1. The maximum Gasteiger partial charge on any atom is 0.104 e. The molecule has 0 saturated carbocycles. The lowest BCUT2D eigenvalue weighted by atomic mass is 10.1. The lowest BCUT2D eigenvalue weighted by molar-refractivity contribution is 0.265. The first kappa shape index (κ1) is 16.0. The molecule has 1 atom stereocenters. The number of pyridine rings is 1. The van der Waals surface area contributed by atoms with Crippen molar-refractivity contribution in [2.45, 2.75) is 22.4 Å². The Labute approximate surface area is 123 Å². The third-order valence-electron chi connectivity index (χ3n) is 2.52. The van der Waals surface area contributed by atoms with Crippen molar-refractivity contribution in [3.05, 3.63) is 54.2 Å². The van der Waals surface area contributed by atoms with E-state index in [9.17, 15) is 0 Å². The second kappa shape index (κ2) is 8.17. The maximum atomic E-state index is 9.02. The number of aliphatic hydroxyl groups excluding tert-OH is 1. The summed E-state index contributed by atoms with van der Waals surface area (Å²) in [7, 11) is 0. The molecule has 2 rings (SSSR count). The molecule has 1 unspecified atom stereocenters. The lowest BCUT2D eigenvalue weighted by Crippen LogP contribution is -2.27. The van der Waals surface area contributed by atoms with E-state index in [0.29, 0.717) is 6.42 Å². The Morgan fingerprint density at radius 1 is 1.16 bits per heavy atom. The van der Waals surface area contributed by atoms with E-state index in [1.165, 1.54) is 0 Å². The van der Waals surface area contributed by atoms with Crippen LogP contribution < -0.4 is 5.73 Å².